The molecule has 9 heteroatoms. The Bertz CT molecular complexity index is 1570. The number of Topliss-reactive ketones (excluding diaryl/α,β-unsaturated/α-hetero) is 1. The summed E-state index contributed by atoms with van der Waals surface area (Å²) >= 11 is 8.48. The molecule has 3 aromatic rings. The van der Waals surface area contributed by atoms with E-state index < -0.39 is 12.0 Å². The van der Waals surface area contributed by atoms with Gasteiger partial charge < -0.3 is 15.5 Å². The first kappa shape index (κ1) is 29.0. The maximum absolute atomic E-state index is 14.9. The zero-order valence-corrected chi connectivity index (χ0v) is 24.4. The molecule has 1 fully saturated rings. The van der Waals surface area contributed by atoms with Gasteiger partial charge in [0.05, 0.1) is 17.0 Å². The molecule has 5 nitrogen and oxygen atoms in total. The van der Waals surface area contributed by atoms with Crippen molar-refractivity contribution in [1.82, 2.24) is 10.2 Å². The van der Waals surface area contributed by atoms with Crippen molar-refractivity contribution in [3.63, 3.8) is 0 Å². The third-order valence-corrected chi connectivity index (χ3v) is 8.82. The molecule has 0 radical (unpaired) electrons. The lowest BCUT2D eigenvalue weighted by molar-refractivity contribution is 0.0845. The fraction of sp³-hybridized carbons (Fsp3) is 0.188. The van der Waals surface area contributed by atoms with Crippen molar-refractivity contribution in [2.24, 2.45) is 5.92 Å². The summed E-state index contributed by atoms with van der Waals surface area (Å²) in [5.41, 5.74) is 4.69. The molecule has 2 aliphatic heterocycles. The van der Waals surface area contributed by atoms with Gasteiger partial charge in [-0.15, -0.1) is 12.4 Å². The molecule has 0 aromatic heterocycles. The summed E-state index contributed by atoms with van der Waals surface area (Å²) in [6.45, 7) is 0.737. The van der Waals surface area contributed by atoms with Crippen LogP contribution in [0.5, 0.6) is 0 Å². The summed E-state index contributed by atoms with van der Waals surface area (Å²) in [5.74, 6) is 0.513. The number of anilines is 1. The van der Waals surface area contributed by atoms with Crippen LogP contribution in [0.15, 0.2) is 108 Å². The Morgan fingerprint density at radius 1 is 1.00 bits per heavy atom. The fourth-order valence-electron chi connectivity index (χ4n) is 5.60. The minimum Gasteiger partial charge on any atom is -0.366 e. The van der Waals surface area contributed by atoms with Gasteiger partial charge in [-0.1, -0.05) is 60.1 Å². The van der Waals surface area contributed by atoms with Crippen LogP contribution in [0, 0.1) is 5.92 Å². The molecule has 3 aliphatic rings. The van der Waals surface area contributed by atoms with E-state index in [1.165, 1.54) is 6.08 Å². The number of amides is 1. The summed E-state index contributed by atoms with van der Waals surface area (Å²) in [6.07, 6.45) is 5.34. The molecule has 0 saturated carbocycles. The predicted molar refractivity (Wildman–Crippen MR) is 167 cm³/mol. The van der Waals surface area contributed by atoms with Crippen molar-refractivity contribution in [2.45, 2.75) is 12.5 Å². The van der Waals surface area contributed by atoms with E-state index in [4.69, 9.17) is 11.6 Å². The molecule has 41 heavy (non-hydrogen) atoms. The highest BCUT2D eigenvalue weighted by Gasteiger charge is 2.42. The number of nitrogens with one attached hydrogen (secondary N) is 2. The van der Waals surface area contributed by atoms with Crippen molar-refractivity contribution in [2.75, 3.05) is 23.4 Å². The molecule has 1 saturated heterocycles. The third-order valence-electron chi connectivity index (χ3n) is 7.53. The number of nitrogens with zero attached hydrogens (tertiary/aromatic N) is 1. The van der Waals surface area contributed by atoms with Crippen molar-refractivity contribution in [3.05, 3.63) is 125 Å². The number of hydrogen-bond donors (Lipinski definition) is 2. The highest BCUT2D eigenvalue weighted by molar-refractivity contribution is 7.99. The summed E-state index contributed by atoms with van der Waals surface area (Å²) in [6, 6.07) is 21.7. The topological polar surface area (TPSA) is 61.4 Å². The first-order valence-corrected chi connectivity index (χ1v) is 14.7. The molecule has 3 aromatic carbocycles. The SMILES string of the molecule is Cl.O=C(Nc1ccc(C(=O)C2CC=C(F)C3=CNC=C4CSCCN4C32)c(Cl)c1)c1ccccc1-c1ccccc1. The molecule has 0 bridgehead atoms. The normalized spacial score (nSPS) is 19.6. The van der Waals surface area contributed by atoms with Crippen LogP contribution in [0.4, 0.5) is 10.1 Å². The summed E-state index contributed by atoms with van der Waals surface area (Å²) in [5, 5.41) is 6.27. The number of rotatable bonds is 5. The minimum atomic E-state index is -0.493. The Balaban J connectivity index is 0.00000337. The monoisotopic (exact) mass is 607 g/mol. The maximum Gasteiger partial charge on any atom is 0.256 e. The number of halogens is 3. The van der Waals surface area contributed by atoms with Crippen LogP contribution in [-0.2, 0) is 0 Å². The highest BCUT2D eigenvalue weighted by atomic mass is 35.5. The second-order valence-corrected chi connectivity index (χ2v) is 11.4. The fourth-order valence-corrected chi connectivity index (χ4v) is 6.80. The van der Waals surface area contributed by atoms with Crippen molar-refractivity contribution in [1.29, 1.82) is 0 Å². The standard InChI is InChI=1S/C32H27ClFN3O2S.ClH/c33-28-16-21(36-32(39)24-9-5-4-8-23(24)20-6-2-1-3-7-20)10-11-25(28)31(38)26-12-13-29(34)27-18-35-17-22-19-40-15-14-37(22)30(26)27;/h1-11,13,16-18,26,30,35H,12,14-15,19H2,(H,36,39);1H. The zero-order chi connectivity index (χ0) is 27.6. The largest absolute Gasteiger partial charge is 0.366 e. The first-order chi connectivity index (χ1) is 19.5. The van der Waals surface area contributed by atoms with Gasteiger partial charge in [-0.3, -0.25) is 9.59 Å². The van der Waals surface area contributed by atoms with Crippen LogP contribution in [0.1, 0.15) is 27.1 Å². The van der Waals surface area contributed by atoms with Gasteiger partial charge in [0.15, 0.2) is 5.78 Å². The van der Waals surface area contributed by atoms with E-state index in [-0.39, 0.29) is 41.4 Å². The van der Waals surface area contributed by atoms with Gasteiger partial charge in [-0.25, -0.2) is 4.39 Å². The van der Waals surface area contributed by atoms with Gasteiger partial charge >= 0.3 is 0 Å². The number of carbonyl (C=O) groups is 2. The Morgan fingerprint density at radius 2 is 1.78 bits per heavy atom. The van der Waals surface area contributed by atoms with Crippen LogP contribution in [0.25, 0.3) is 11.1 Å². The molecule has 2 unspecified atom stereocenters. The summed E-state index contributed by atoms with van der Waals surface area (Å²) in [7, 11) is 0. The number of hydrogen-bond acceptors (Lipinski definition) is 5. The van der Waals surface area contributed by atoms with E-state index in [0.717, 1.165) is 34.9 Å². The van der Waals surface area contributed by atoms with Crippen molar-refractivity contribution >= 4 is 53.1 Å². The molecule has 6 rings (SSSR count). The van der Waals surface area contributed by atoms with Gasteiger partial charge in [0.25, 0.3) is 5.91 Å². The number of benzene rings is 3. The molecule has 1 aliphatic carbocycles. The first-order valence-electron chi connectivity index (χ1n) is 13.2. The van der Waals surface area contributed by atoms with Crippen molar-refractivity contribution < 1.29 is 14.0 Å². The summed E-state index contributed by atoms with van der Waals surface area (Å²) in [4.78, 5) is 29.3. The molecule has 2 N–H and O–H groups in total. The Labute approximate surface area is 253 Å². The van der Waals surface area contributed by atoms with Gasteiger partial charge in [0.2, 0.25) is 0 Å². The maximum atomic E-state index is 14.9. The predicted octanol–water partition coefficient (Wildman–Crippen LogP) is 7.48. The lowest BCUT2D eigenvalue weighted by Crippen LogP contribution is -2.48. The van der Waals surface area contributed by atoms with Gasteiger partial charge in [-0.2, -0.15) is 11.8 Å². The molecule has 210 valence electrons. The van der Waals surface area contributed by atoms with Gasteiger partial charge in [0.1, 0.15) is 5.83 Å². The minimum absolute atomic E-state index is 0. The van der Waals surface area contributed by atoms with E-state index in [2.05, 4.69) is 15.5 Å². The van der Waals surface area contributed by atoms with Crippen molar-refractivity contribution in [3.8, 4) is 11.1 Å². The highest BCUT2D eigenvalue weighted by Crippen LogP contribution is 2.40. The number of thioether (sulfide) groups is 1. The van der Waals surface area contributed by atoms with E-state index in [0.29, 0.717) is 22.4 Å². The average Bonchev–Trinajstić information content (AvgIpc) is 3.18. The average molecular weight is 609 g/mol. The second kappa shape index (κ2) is 12.6. The molecule has 0 spiro atoms. The number of ketones is 1. The number of fused-ring (bicyclic) bond motifs is 3. The Morgan fingerprint density at radius 3 is 2.59 bits per heavy atom. The smallest absolute Gasteiger partial charge is 0.256 e. The molecule has 1 amide bonds. The number of allylic oxidation sites excluding steroid dienone is 1. The van der Waals surface area contributed by atoms with Crippen LogP contribution >= 0.6 is 35.8 Å². The van der Waals surface area contributed by atoms with E-state index in [1.807, 2.05) is 66.5 Å². The van der Waals surface area contributed by atoms with E-state index in [1.54, 1.807) is 30.5 Å². The molecule has 2 atom stereocenters. The Hall–Kier alpha value is -3.52. The lowest BCUT2D eigenvalue weighted by atomic mass is 9.79. The van der Waals surface area contributed by atoms with Crippen LogP contribution in [0.2, 0.25) is 5.02 Å². The van der Waals surface area contributed by atoms with E-state index >= 15 is 0 Å². The molecular weight excluding hydrogens is 580 g/mol. The Kier molecular flexibility index (Phi) is 8.88. The third kappa shape index (κ3) is 5.80. The number of carbonyl (C=O) groups excluding carboxylic acids is 2. The molecule has 2 heterocycles. The quantitative estimate of drug-likeness (QED) is 0.294. The van der Waals surface area contributed by atoms with Crippen LogP contribution < -0.4 is 10.6 Å². The zero-order valence-electron chi connectivity index (χ0n) is 22.0. The second-order valence-electron chi connectivity index (χ2n) is 9.91. The van der Waals surface area contributed by atoms with E-state index in [9.17, 15) is 14.0 Å². The van der Waals surface area contributed by atoms with Crippen LogP contribution in [0.3, 0.4) is 0 Å². The summed E-state index contributed by atoms with van der Waals surface area (Å²) < 4.78 is 14.9. The van der Waals surface area contributed by atoms with Crippen LogP contribution in [-0.4, -0.2) is 40.7 Å². The molecular formula is C32H28Cl2FN3O2S. The van der Waals surface area contributed by atoms with Gasteiger partial charge in [0, 0.05) is 58.5 Å². The lowest BCUT2D eigenvalue weighted by Gasteiger charge is -2.42. The van der Waals surface area contributed by atoms with Gasteiger partial charge in [-0.05, 0) is 47.9 Å².